The number of fused-ring (bicyclic) bond motifs is 1. The molecule has 7 heteroatoms. The van der Waals surface area contributed by atoms with Gasteiger partial charge in [-0.25, -0.2) is 4.79 Å². The van der Waals surface area contributed by atoms with E-state index in [2.05, 4.69) is 9.97 Å². The van der Waals surface area contributed by atoms with Crippen LogP contribution in [0.4, 0.5) is 0 Å². The van der Waals surface area contributed by atoms with E-state index >= 15 is 0 Å². The predicted octanol–water partition coefficient (Wildman–Crippen LogP) is 1.74. The number of nitrogens with zero attached hydrogens (tertiary/aromatic N) is 1. The van der Waals surface area contributed by atoms with Crippen LogP contribution < -0.4 is 5.43 Å². The maximum Gasteiger partial charge on any atom is 0.372 e. The number of aromatic nitrogens is 2. The van der Waals surface area contributed by atoms with Gasteiger partial charge >= 0.3 is 5.97 Å². The second kappa shape index (κ2) is 7.10. The number of aliphatic carboxylic acids is 1. The molecule has 0 saturated heterocycles. The van der Waals surface area contributed by atoms with Gasteiger partial charge in [-0.3, -0.25) is 19.4 Å². The summed E-state index contributed by atoms with van der Waals surface area (Å²) in [6.07, 6.45) is 4.32. The molecule has 7 nitrogen and oxygen atoms in total. The summed E-state index contributed by atoms with van der Waals surface area (Å²) in [6, 6.07) is 9.03. The number of hydrogen-bond acceptors (Lipinski definition) is 5. The number of carbonyl (C=O) groups is 3. The largest absolute Gasteiger partial charge is 0.475 e. The molecule has 0 aliphatic carbocycles. The Kier molecular flexibility index (Phi) is 4.70. The Morgan fingerprint density at radius 2 is 1.77 bits per heavy atom. The first-order chi connectivity index (χ1) is 12.5. The molecular formula is C19H14N2O5. The Morgan fingerprint density at radius 1 is 1.04 bits per heavy atom. The maximum absolute atomic E-state index is 12.6. The molecule has 3 rings (SSSR count). The van der Waals surface area contributed by atoms with Crippen molar-refractivity contribution in [3.63, 3.8) is 0 Å². The molecule has 2 N–H and O–H groups in total. The van der Waals surface area contributed by atoms with Gasteiger partial charge in [0.1, 0.15) is 0 Å². The Bertz CT molecular complexity index is 1070. The predicted molar refractivity (Wildman–Crippen MR) is 93.2 cm³/mol. The van der Waals surface area contributed by atoms with Crippen molar-refractivity contribution < 1.29 is 19.5 Å². The lowest BCUT2D eigenvalue weighted by Gasteiger charge is -2.06. The summed E-state index contributed by atoms with van der Waals surface area (Å²) < 4.78 is 0. The molecule has 1 aromatic carbocycles. The van der Waals surface area contributed by atoms with Gasteiger partial charge in [-0.2, -0.15) is 0 Å². The van der Waals surface area contributed by atoms with Gasteiger partial charge < -0.3 is 10.1 Å². The molecule has 0 atom stereocenters. The highest BCUT2D eigenvalue weighted by Gasteiger charge is 2.20. The number of benzene rings is 1. The van der Waals surface area contributed by atoms with Crippen LogP contribution >= 0.6 is 0 Å². The molecule has 0 aliphatic rings. The maximum atomic E-state index is 12.6. The van der Waals surface area contributed by atoms with E-state index in [1.54, 1.807) is 24.5 Å². The Labute approximate surface area is 147 Å². The Balaban J connectivity index is 1.96. The van der Waals surface area contributed by atoms with Gasteiger partial charge in [0.15, 0.2) is 11.2 Å². The van der Waals surface area contributed by atoms with E-state index in [1.807, 2.05) is 18.2 Å². The average Bonchev–Trinajstić information content (AvgIpc) is 2.63. The second-order valence-electron chi connectivity index (χ2n) is 5.77. The first kappa shape index (κ1) is 17.2. The third-order valence-electron chi connectivity index (χ3n) is 3.96. The van der Waals surface area contributed by atoms with Gasteiger partial charge in [0.25, 0.3) is 0 Å². The third kappa shape index (κ3) is 3.56. The van der Waals surface area contributed by atoms with Crippen molar-refractivity contribution in [3.8, 4) is 0 Å². The van der Waals surface area contributed by atoms with E-state index in [-0.39, 0.29) is 5.56 Å². The van der Waals surface area contributed by atoms with Gasteiger partial charge in [-0.05, 0) is 41.8 Å². The van der Waals surface area contributed by atoms with Crippen molar-refractivity contribution >= 4 is 28.4 Å². The summed E-state index contributed by atoms with van der Waals surface area (Å²) in [4.78, 5) is 53.3. The van der Waals surface area contributed by atoms with Crippen molar-refractivity contribution in [2.45, 2.75) is 12.8 Å². The highest BCUT2D eigenvalue weighted by Crippen LogP contribution is 2.15. The molecule has 0 spiro atoms. The summed E-state index contributed by atoms with van der Waals surface area (Å²) >= 11 is 0. The smallest absolute Gasteiger partial charge is 0.372 e. The van der Waals surface area contributed by atoms with Crippen molar-refractivity contribution in [1.82, 2.24) is 9.97 Å². The van der Waals surface area contributed by atoms with E-state index in [4.69, 9.17) is 5.11 Å². The summed E-state index contributed by atoms with van der Waals surface area (Å²) in [5.41, 5.74) is 1.69. The van der Waals surface area contributed by atoms with Crippen molar-refractivity contribution in [1.29, 1.82) is 0 Å². The lowest BCUT2D eigenvalue weighted by atomic mass is 10.0. The zero-order valence-electron chi connectivity index (χ0n) is 13.6. The summed E-state index contributed by atoms with van der Waals surface area (Å²) in [5, 5.41) is 8.91. The van der Waals surface area contributed by atoms with Crippen molar-refractivity contribution in [3.05, 3.63) is 75.8 Å². The minimum atomic E-state index is -1.70. The molecule has 0 amide bonds. The number of aromatic amines is 1. The minimum Gasteiger partial charge on any atom is -0.475 e. The summed E-state index contributed by atoms with van der Waals surface area (Å²) in [5.74, 6) is -3.77. The quantitative estimate of drug-likeness (QED) is 0.397. The van der Waals surface area contributed by atoms with Gasteiger partial charge in [-0.15, -0.1) is 0 Å². The lowest BCUT2D eigenvalue weighted by molar-refractivity contribution is -0.148. The number of ketones is 2. The molecule has 0 saturated carbocycles. The number of nitrogens with one attached hydrogen (secondary N) is 1. The number of carboxylic acid groups (broad SMARTS) is 1. The molecular weight excluding hydrogens is 336 g/mol. The molecule has 130 valence electrons. The van der Waals surface area contributed by atoms with Crippen LogP contribution in [0.1, 0.15) is 27.9 Å². The molecule has 26 heavy (non-hydrogen) atoms. The van der Waals surface area contributed by atoms with E-state index in [9.17, 15) is 19.2 Å². The zero-order chi connectivity index (χ0) is 18.7. The molecule has 0 unspecified atom stereocenters. The number of rotatable bonds is 6. The van der Waals surface area contributed by atoms with E-state index in [0.717, 1.165) is 11.1 Å². The molecule has 0 fully saturated rings. The Morgan fingerprint density at radius 3 is 2.46 bits per heavy atom. The fraction of sp³-hybridized carbons (Fsp3) is 0.105. The number of carboxylic acids is 1. The molecule has 2 heterocycles. The summed E-state index contributed by atoms with van der Waals surface area (Å²) in [7, 11) is 0. The standard InChI is InChI=1S/C19H14N2O5/c22-16(9-17(23)19(25)26)14-10-21-15-2-1-12(8-13(15)18(14)24)7-11-3-5-20-6-4-11/h1-6,8,10H,7,9H2,(H,21,24)(H,25,26). The number of hydrogen-bond donors (Lipinski definition) is 2. The van der Waals surface area contributed by atoms with Crippen LogP contribution in [0.5, 0.6) is 0 Å². The van der Waals surface area contributed by atoms with Crippen LogP contribution in [-0.2, 0) is 16.0 Å². The van der Waals surface area contributed by atoms with E-state index < -0.39 is 29.4 Å². The fourth-order valence-electron chi connectivity index (χ4n) is 2.64. The van der Waals surface area contributed by atoms with Gasteiger partial charge in [0.05, 0.1) is 12.0 Å². The van der Waals surface area contributed by atoms with Crippen LogP contribution in [-0.4, -0.2) is 32.6 Å². The first-order valence-corrected chi connectivity index (χ1v) is 7.78. The molecule has 3 aromatic rings. The Hall–Kier alpha value is -3.61. The van der Waals surface area contributed by atoms with Crippen LogP contribution in [0.25, 0.3) is 10.9 Å². The third-order valence-corrected chi connectivity index (χ3v) is 3.96. The monoisotopic (exact) mass is 350 g/mol. The normalized spacial score (nSPS) is 10.6. The SMILES string of the molecule is O=C(O)C(=O)CC(=O)c1c[nH]c2ccc(Cc3ccncc3)cc2c1=O. The molecule has 2 aromatic heterocycles. The van der Waals surface area contributed by atoms with Crippen LogP contribution in [0.15, 0.2) is 53.7 Å². The van der Waals surface area contributed by atoms with E-state index in [0.29, 0.717) is 17.3 Å². The molecule has 0 bridgehead atoms. The van der Waals surface area contributed by atoms with Crippen LogP contribution in [0.3, 0.4) is 0 Å². The van der Waals surface area contributed by atoms with Crippen LogP contribution in [0, 0.1) is 0 Å². The van der Waals surface area contributed by atoms with E-state index in [1.165, 1.54) is 6.20 Å². The topological polar surface area (TPSA) is 117 Å². The fourth-order valence-corrected chi connectivity index (χ4v) is 2.64. The minimum absolute atomic E-state index is 0.229. The number of carbonyl (C=O) groups excluding carboxylic acids is 2. The number of H-pyrrole nitrogens is 1. The van der Waals surface area contributed by atoms with Gasteiger partial charge in [-0.1, -0.05) is 6.07 Å². The van der Waals surface area contributed by atoms with Crippen LogP contribution in [0.2, 0.25) is 0 Å². The molecule has 0 radical (unpaired) electrons. The number of pyridine rings is 2. The lowest BCUT2D eigenvalue weighted by Crippen LogP contribution is -2.22. The second-order valence-corrected chi connectivity index (χ2v) is 5.77. The highest BCUT2D eigenvalue weighted by atomic mass is 16.4. The zero-order valence-corrected chi connectivity index (χ0v) is 13.6. The van der Waals surface area contributed by atoms with Gasteiger partial charge in [0.2, 0.25) is 5.78 Å². The summed E-state index contributed by atoms with van der Waals surface area (Å²) in [6.45, 7) is 0. The number of Topliss-reactive ketones (excluding diaryl/α,β-unsaturated/α-hetero) is 2. The average molecular weight is 350 g/mol. The van der Waals surface area contributed by atoms with Crippen molar-refractivity contribution in [2.75, 3.05) is 0 Å². The highest BCUT2D eigenvalue weighted by molar-refractivity contribution is 6.37. The van der Waals surface area contributed by atoms with Crippen molar-refractivity contribution in [2.24, 2.45) is 0 Å². The molecule has 0 aliphatic heterocycles. The first-order valence-electron chi connectivity index (χ1n) is 7.78. The van der Waals surface area contributed by atoms with Gasteiger partial charge in [0, 0.05) is 29.5 Å².